The van der Waals surface area contributed by atoms with Crippen molar-refractivity contribution in [2.75, 3.05) is 11.9 Å². The summed E-state index contributed by atoms with van der Waals surface area (Å²) in [7, 11) is 0. The molecular formula is C14H18F3NO2. The first-order valence-electron chi connectivity index (χ1n) is 6.21. The highest BCUT2D eigenvalue weighted by Gasteiger charge is 2.30. The Morgan fingerprint density at radius 3 is 2.45 bits per heavy atom. The van der Waals surface area contributed by atoms with E-state index in [1.165, 1.54) is 12.1 Å². The van der Waals surface area contributed by atoms with Crippen LogP contribution in [-0.2, 0) is 15.7 Å². The summed E-state index contributed by atoms with van der Waals surface area (Å²) in [5.74, 6) is -0.392. The average Bonchev–Trinajstić information content (AvgIpc) is 2.25. The van der Waals surface area contributed by atoms with Crippen LogP contribution in [0.5, 0.6) is 0 Å². The van der Waals surface area contributed by atoms with Crippen LogP contribution in [0.1, 0.15) is 32.8 Å². The third-order valence-electron chi connectivity index (χ3n) is 2.27. The van der Waals surface area contributed by atoms with E-state index in [4.69, 9.17) is 4.74 Å². The molecule has 20 heavy (non-hydrogen) atoms. The molecule has 6 heteroatoms. The van der Waals surface area contributed by atoms with E-state index < -0.39 is 23.3 Å². The van der Waals surface area contributed by atoms with Crippen molar-refractivity contribution in [2.45, 2.75) is 39.0 Å². The number of hydrogen-bond donors (Lipinski definition) is 1. The van der Waals surface area contributed by atoms with E-state index in [1.54, 1.807) is 20.8 Å². The van der Waals surface area contributed by atoms with Crippen LogP contribution in [0.2, 0.25) is 0 Å². The van der Waals surface area contributed by atoms with Crippen molar-refractivity contribution in [1.29, 1.82) is 0 Å². The van der Waals surface area contributed by atoms with Crippen molar-refractivity contribution < 1.29 is 22.7 Å². The van der Waals surface area contributed by atoms with Crippen molar-refractivity contribution >= 4 is 11.7 Å². The summed E-state index contributed by atoms with van der Waals surface area (Å²) < 4.78 is 42.6. The zero-order valence-corrected chi connectivity index (χ0v) is 11.7. The van der Waals surface area contributed by atoms with Gasteiger partial charge in [0, 0.05) is 12.2 Å². The number of nitrogens with one attached hydrogen (secondary N) is 1. The second-order valence-electron chi connectivity index (χ2n) is 5.34. The highest BCUT2D eigenvalue weighted by atomic mass is 19.4. The molecule has 0 amide bonds. The molecule has 0 spiro atoms. The van der Waals surface area contributed by atoms with Gasteiger partial charge in [-0.3, -0.25) is 4.79 Å². The molecule has 0 unspecified atom stereocenters. The average molecular weight is 289 g/mol. The topological polar surface area (TPSA) is 38.3 Å². The lowest BCUT2D eigenvalue weighted by molar-refractivity contribution is -0.154. The van der Waals surface area contributed by atoms with Crippen LogP contribution in [0.4, 0.5) is 18.9 Å². The number of anilines is 1. The molecule has 0 saturated carbocycles. The van der Waals surface area contributed by atoms with Crippen molar-refractivity contribution in [1.82, 2.24) is 0 Å². The number of halogens is 3. The van der Waals surface area contributed by atoms with Gasteiger partial charge in [0.1, 0.15) is 5.60 Å². The van der Waals surface area contributed by atoms with E-state index >= 15 is 0 Å². The number of carbonyl (C=O) groups is 1. The second kappa shape index (κ2) is 6.15. The highest BCUT2D eigenvalue weighted by molar-refractivity contribution is 5.70. The minimum Gasteiger partial charge on any atom is -0.460 e. The molecule has 112 valence electrons. The number of ether oxygens (including phenoxy) is 1. The van der Waals surface area contributed by atoms with Crippen LogP contribution < -0.4 is 5.32 Å². The Labute approximate surface area is 116 Å². The first-order valence-corrected chi connectivity index (χ1v) is 6.21. The number of rotatable bonds is 4. The van der Waals surface area contributed by atoms with E-state index in [9.17, 15) is 18.0 Å². The zero-order valence-electron chi connectivity index (χ0n) is 11.7. The summed E-state index contributed by atoms with van der Waals surface area (Å²) in [4.78, 5) is 11.4. The molecule has 0 saturated heterocycles. The van der Waals surface area contributed by atoms with Crippen LogP contribution in [0.25, 0.3) is 0 Å². The fourth-order valence-electron chi connectivity index (χ4n) is 1.51. The molecule has 1 rings (SSSR count). The fourth-order valence-corrected chi connectivity index (χ4v) is 1.51. The predicted molar refractivity (Wildman–Crippen MR) is 70.4 cm³/mol. The standard InChI is InChI=1S/C14H18F3NO2/c1-13(2,3)20-12(19)7-8-18-11-6-4-5-10(9-11)14(15,16)17/h4-6,9,18H,7-8H2,1-3H3. The van der Waals surface area contributed by atoms with Gasteiger partial charge in [0.15, 0.2) is 0 Å². The minimum absolute atomic E-state index is 0.0908. The van der Waals surface area contributed by atoms with Gasteiger partial charge >= 0.3 is 12.1 Å². The monoisotopic (exact) mass is 289 g/mol. The molecule has 0 bridgehead atoms. The number of hydrogen-bond acceptors (Lipinski definition) is 3. The van der Waals surface area contributed by atoms with E-state index in [0.29, 0.717) is 5.69 Å². The lowest BCUT2D eigenvalue weighted by Crippen LogP contribution is -2.25. The lowest BCUT2D eigenvalue weighted by atomic mass is 10.2. The smallest absolute Gasteiger partial charge is 0.416 e. The Balaban J connectivity index is 2.49. The highest BCUT2D eigenvalue weighted by Crippen LogP contribution is 2.30. The third kappa shape index (κ3) is 5.95. The summed E-state index contributed by atoms with van der Waals surface area (Å²) in [6.07, 6.45) is -4.28. The molecule has 0 heterocycles. The first kappa shape index (κ1) is 16.3. The zero-order chi connectivity index (χ0) is 15.4. The molecule has 3 nitrogen and oxygen atoms in total. The number of benzene rings is 1. The van der Waals surface area contributed by atoms with Crippen molar-refractivity contribution in [3.05, 3.63) is 29.8 Å². The maximum Gasteiger partial charge on any atom is 0.416 e. The van der Waals surface area contributed by atoms with Crippen molar-refractivity contribution in [3.63, 3.8) is 0 Å². The molecule has 0 aromatic heterocycles. The largest absolute Gasteiger partial charge is 0.460 e. The Kier molecular flexibility index (Phi) is 5.03. The van der Waals surface area contributed by atoms with Gasteiger partial charge in [-0.25, -0.2) is 0 Å². The Bertz CT molecular complexity index is 464. The second-order valence-corrected chi connectivity index (χ2v) is 5.34. The Morgan fingerprint density at radius 2 is 1.90 bits per heavy atom. The molecule has 0 atom stereocenters. The molecule has 1 aromatic carbocycles. The van der Waals surface area contributed by atoms with Crippen molar-refractivity contribution in [3.8, 4) is 0 Å². The van der Waals surface area contributed by atoms with Gasteiger partial charge in [0.25, 0.3) is 0 Å². The summed E-state index contributed by atoms with van der Waals surface area (Å²) in [5.41, 5.74) is -0.962. The maximum absolute atomic E-state index is 12.5. The SMILES string of the molecule is CC(C)(C)OC(=O)CCNc1cccc(C(F)(F)F)c1. The van der Waals surface area contributed by atoms with Crippen LogP contribution in [0, 0.1) is 0 Å². The summed E-state index contributed by atoms with van der Waals surface area (Å²) in [6, 6.07) is 4.84. The third-order valence-corrected chi connectivity index (χ3v) is 2.27. The Morgan fingerprint density at radius 1 is 1.25 bits per heavy atom. The molecule has 0 aliphatic heterocycles. The summed E-state index contributed by atoms with van der Waals surface area (Å²) in [6.45, 7) is 5.48. The lowest BCUT2D eigenvalue weighted by Gasteiger charge is -2.19. The molecule has 1 aromatic rings. The summed E-state index contributed by atoms with van der Waals surface area (Å²) in [5, 5.41) is 2.77. The molecule has 1 N–H and O–H groups in total. The van der Waals surface area contributed by atoms with Gasteiger partial charge in [-0.1, -0.05) is 6.07 Å². The molecular weight excluding hydrogens is 271 g/mol. The number of alkyl halides is 3. The normalized spacial score (nSPS) is 12.1. The molecule has 0 radical (unpaired) electrons. The maximum atomic E-state index is 12.5. The van der Waals surface area contributed by atoms with E-state index in [2.05, 4.69) is 5.32 Å². The quantitative estimate of drug-likeness (QED) is 0.856. The van der Waals surface area contributed by atoms with E-state index in [0.717, 1.165) is 12.1 Å². The molecule has 0 aliphatic rings. The molecule has 0 aliphatic carbocycles. The fraction of sp³-hybridized carbons (Fsp3) is 0.500. The van der Waals surface area contributed by atoms with Gasteiger partial charge in [-0.2, -0.15) is 13.2 Å². The van der Waals surface area contributed by atoms with E-state index in [1.807, 2.05) is 0 Å². The Hall–Kier alpha value is -1.72. The first-order chi connectivity index (χ1) is 9.08. The van der Waals surface area contributed by atoms with Gasteiger partial charge < -0.3 is 10.1 Å². The van der Waals surface area contributed by atoms with Crippen molar-refractivity contribution in [2.24, 2.45) is 0 Å². The van der Waals surface area contributed by atoms with Crippen LogP contribution in [0.3, 0.4) is 0 Å². The summed E-state index contributed by atoms with van der Waals surface area (Å²) >= 11 is 0. The van der Waals surface area contributed by atoms with Crippen LogP contribution in [0.15, 0.2) is 24.3 Å². The molecule has 0 fully saturated rings. The van der Waals surface area contributed by atoms with Gasteiger partial charge in [0.2, 0.25) is 0 Å². The van der Waals surface area contributed by atoms with Gasteiger partial charge in [-0.15, -0.1) is 0 Å². The van der Waals surface area contributed by atoms with E-state index in [-0.39, 0.29) is 13.0 Å². The van der Waals surface area contributed by atoms with Crippen LogP contribution >= 0.6 is 0 Å². The number of carbonyl (C=O) groups excluding carboxylic acids is 1. The minimum atomic E-state index is -4.37. The van der Waals surface area contributed by atoms with Gasteiger partial charge in [-0.05, 0) is 39.0 Å². The number of esters is 1. The van der Waals surface area contributed by atoms with Crippen LogP contribution in [-0.4, -0.2) is 18.1 Å². The predicted octanol–water partition coefficient (Wildman–Crippen LogP) is 3.85. The van der Waals surface area contributed by atoms with Gasteiger partial charge in [0.05, 0.1) is 12.0 Å².